The van der Waals surface area contributed by atoms with E-state index in [1.807, 2.05) is 6.07 Å². The third-order valence-corrected chi connectivity index (χ3v) is 8.99. The van der Waals surface area contributed by atoms with Crippen molar-refractivity contribution in [3.05, 3.63) is 70.4 Å². The lowest BCUT2D eigenvalue weighted by molar-refractivity contribution is 0.132. The summed E-state index contributed by atoms with van der Waals surface area (Å²) in [7, 11) is 0. The number of halogens is 1. The van der Waals surface area contributed by atoms with Crippen LogP contribution >= 0.6 is 11.6 Å². The number of benzene rings is 2. The zero-order valence-corrected chi connectivity index (χ0v) is 21.7. The molecule has 6 rings (SSSR count). The molecule has 0 saturated carbocycles. The van der Waals surface area contributed by atoms with Crippen molar-refractivity contribution in [2.45, 2.75) is 63.7 Å². The summed E-state index contributed by atoms with van der Waals surface area (Å²) in [6.45, 7) is 9.45. The van der Waals surface area contributed by atoms with Gasteiger partial charge in [-0.05, 0) is 98.6 Å². The molecule has 4 nitrogen and oxygen atoms in total. The van der Waals surface area contributed by atoms with Crippen molar-refractivity contribution in [3.8, 4) is 0 Å². The predicted octanol–water partition coefficient (Wildman–Crippen LogP) is 5.86. The lowest BCUT2D eigenvalue weighted by Crippen LogP contribution is -2.43. The number of anilines is 1. The maximum atomic E-state index is 6.24. The van der Waals surface area contributed by atoms with Gasteiger partial charge in [-0.25, -0.2) is 0 Å². The third kappa shape index (κ3) is 5.40. The van der Waals surface area contributed by atoms with Crippen LogP contribution in [-0.2, 0) is 13.1 Å². The monoisotopic (exact) mass is 490 g/mol. The van der Waals surface area contributed by atoms with Gasteiger partial charge in [-0.15, -0.1) is 0 Å². The Hall–Kier alpha value is -2.01. The van der Waals surface area contributed by atoms with Gasteiger partial charge < -0.3 is 14.7 Å². The molecule has 4 aliphatic rings. The average Bonchev–Trinajstić information content (AvgIpc) is 3.45. The Morgan fingerprint density at radius 3 is 2.23 bits per heavy atom. The quantitative estimate of drug-likeness (QED) is 0.520. The van der Waals surface area contributed by atoms with Crippen molar-refractivity contribution < 1.29 is 0 Å². The fourth-order valence-electron chi connectivity index (χ4n) is 6.63. The van der Waals surface area contributed by atoms with Crippen LogP contribution in [0.4, 0.5) is 5.69 Å². The smallest absolute Gasteiger partial charge is 0.0433 e. The van der Waals surface area contributed by atoms with Crippen molar-refractivity contribution in [2.24, 2.45) is 0 Å². The van der Waals surface area contributed by atoms with Gasteiger partial charge in [0.2, 0.25) is 0 Å². The molecule has 0 aromatic heterocycles. The van der Waals surface area contributed by atoms with E-state index in [-0.39, 0.29) is 0 Å². The van der Waals surface area contributed by atoms with Crippen molar-refractivity contribution in [1.82, 2.24) is 14.7 Å². The first-order chi connectivity index (χ1) is 17.2. The zero-order valence-electron chi connectivity index (χ0n) is 20.9. The van der Waals surface area contributed by atoms with Crippen molar-refractivity contribution in [3.63, 3.8) is 0 Å². The molecule has 0 bridgehead atoms. The van der Waals surface area contributed by atoms with E-state index < -0.39 is 0 Å². The van der Waals surface area contributed by atoms with Crippen molar-refractivity contribution >= 4 is 23.4 Å². The molecule has 0 unspecified atom stereocenters. The minimum Gasteiger partial charge on any atom is -0.371 e. The standard InChI is InChI=1S/C30H39ClN4/c31-27-6-5-25-9-18-35(23-26(25)21-27)30-10-16-32(17-11-30)22-24-3-7-28(8-4-24)34-19-12-29(13-20-34)33-14-1-2-15-33/h3-9,18,21,29-30H,1-2,10-17,19-20,22-23H2. The number of hydrogen-bond donors (Lipinski definition) is 0. The second-order valence-electron chi connectivity index (χ2n) is 11.0. The zero-order chi connectivity index (χ0) is 23.6. The molecule has 3 saturated heterocycles. The minimum atomic E-state index is 0.625. The van der Waals surface area contributed by atoms with Crippen LogP contribution in [0.3, 0.4) is 0 Å². The Labute approximate surface area is 216 Å². The molecule has 0 radical (unpaired) electrons. The number of hydrogen-bond acceptors (Lipinski definition) is 4. The van der Waals surface area contributed by atoms with Crippen LogP contribution in [0.1, 0.15) is 55.2 Å². The Kier molecular flexibility index (Phi) is 7.04. The molecule has 35 heavy (non-hydrogen) atoms. The molecule has 4 aliphatic heterocycles. The Bertz CT molecular complexity index is 1010. The maximum absolute atomic E-state index is 6.24. The van der Waals surface area contributed by atoms with Crippen molar-refractivity contribution in [1.29, 1.82) is 0 Å². The van der Waals surface area contributed by atoms with Gasteiger partial charge in [-0.2, -0.15) is 0 Å². The van der Waals surface area contributed by atoms with Gasteiger partial charge in [0, 0.05) is 68.3 Å². The van der Waals surface area contributed by atoms with Gasteiger partial charge in [0.05, 0.1) is 0 Å². The van der Waals surface area contributed by atoms with Gasteiger partial charge in [-0.1, -0.05) is 29.8 Å². The maximum Gasteiger partial charge on any atom is 0.0433 e. The van der Waals surface area contributed by atoms with Gasteiger partial charge in [0.1, 0.15) is 0 Å². The molecular formula is C30H39ClN4. The van der Waals surface area contributed by atoms with Crippen LogP contribution in [0, 0.1) is 0 Å². The summed E-state index contributed by atoms with van der Waals surface area (Å²) in [6.07, 6.45) is 12.4. The number of piperidine rings is 2. The SMILES string of the molecule is Clc1ccc2c(c1)CN(C1CCN(Cc3ccc(N4CCC(N5CCCC5)CC4)cc3)CC1)C=C2. The summed E-state index contributed by atoms with van der Waals surface area (Å²) >= 11 is 6.24. The topological polar surface area (TPSA) is 13.0 Å². The largest absolute Gasteiger partial charge is 0.371 e. The lowest BCUT2D eigenvalue weighted by Gasteiger charge is -2.39. The summed E-state index contributed by atoms with van der Waals surface area (Å²) in [5.74, 6) is 0. The minimum absolute atomic E-state index is 0.625. The molecule has 3 fully saturated rings. The van der Waals surface area contributed by atoms with E-state index in [1.54, 1.807) is 0 Å². The van der Waals surface area contributed by atoms with E-state index in [0.29, 0.717) is 6.04 Å². The fraction of sp³-hybridized carbons (Fsp3) is 0.533. The van der Waals surface area contributed by atoms with Crippen LogP contribution < -0.4 is 4.90 Å². The number of nitrogens with zero attached hydrogens (tertiary/aromatic N) is 4. The van der Waals surface area contributed by atoms with Crippen LogP contribution in [0.15, 0.2) is 48.7 Å². The highest BCUT2D eigenvalue weighted by atomic mass is 35.5. The molecule has 0 amide bonds. The Balaban J connectivity index is 0.970. The van der Waals surface area contributed by atoms with Crippen LogP contribution in [0.25, 0.3) is 6.08 Å². The first-order valence-corrected chi connectivity index (χ1v) is 14.1. The normalized spacial score (nSPS) is 22.7. The third-order valence-electron chi connectivity index (χ3n) is 8.76. The lowest BCUT2D eigenvalue weighted by atomic mass is 9.98. The van der Waals surface area contributed by atoms with E-state index >= 15 is 0 Å². The van der Waals surface area contributed by atoms with Crippen LogP contribution in [-0.4, -0.2) is 66.1 Å². The van der Waals surface area contributed by atoms with E-state index in [9.17, 15) is 0 Å². The molecular weight excluding hydrogens is 452 g/mol. The molecule has 186 valence electrons. The molecule has 0 aliphatic carbocycles. The predicted molar refractivity (Wildman–Crippen MR) is 147 cm³/mol. The van der Waals surface area contributed by atoms with Crippen LogP contribution in [0.5, 0.6) is 0 Å². The van der Waals surface area contributed by atoms with Crippen LogP contribution in [0.2, 0.25) is 5.02 Å². The number of likely N-dealkylation sites (tertiary alicyclic amines) is 2. The number of fused-ring (bicyclic) bond motifs is 1. The van der Waals surface area contributed by atoms with E-state index in [2.05, 4.69) is 68.3 Å². The molecule has 2 aromatic carbocycles. The fourth-order valence-corrected chi connectivity index (χ4v) is 6.82. The molecule has 2 aromatic rings. The summed E-state index contributed by atoms with van der Waals surface area (Å²) in [5, 5.41) is 0.839. The molecule has 0 spiro atoms. The Morgan fingerprint density at radius 1 is 0.771 bits per heavy atom. The first kappa shape index (κ1) is 23.4. The van der Waals surface area contributed by atoms with E-state index in [1.165, 1.54) is 100 Å². The molecule has 5 heteroatoms. The molecule has 4 heterocycles. The summed E-state index contributed by atoms with van der Waals surface area (Å²) in [5.41, 5.74) is 5.51. The summed E-state index contributed by atoms with van der Waals surface area (Å²) in [6, 6.07) is 17.1. The second-order valence-corrected chi connectivity index (χ2v) is 11.4. The average molecular weight is 491 g/mol. The first-order valence-electron chi connectivity index (χ1n) is 13.7. The van der Waals surface area contributed by atoms with Crippen molar-refractivity contribution in [2.75, 3.05) is 44.2 Å². The van der Waals surface area contributed by atoms with Gasteiger partial charge >= 0.3 is 0 Å². The molecule has 0 atom stereocenters. The highest BCUT2D eigenvalue weighted by Crippen LogP contribution is 2.29. The van der Waals surface area contributed by atoms with E-state index in [4.69, 9.17) is 11.6 Å². The van der Waals surface area contributed by atoms with Gasteiger partial charge in [0.25, 0.3) is 0 Å². The Morgan fingerprint density at radius 2 is 1.49 bits per heavy atom. The van der Waals surface area contributed by atoms with E-state index in [0.717, 1.165) is 24.2 Å². The highest BCUT2D eigenvalue weighted by Gasteiger charge is 2.27. The van der Waals surface area contributed by atoms with Gasteiger partial charge in [0.15, 0.2) is 0 Å². The number of rotatable bonds is 5. The summed E-state index contributed by atoms with van der Waals surface area (Å²) < 4.78 is 0. The summed E-state index contributed by atoms with van der Waals surface area (Å²) in [4.78, 5) is 10.5. The highest BCUT2D eigenvalue weighted by molar-refractivity contribution is 6.30. The second kappa shape index (κ2) is 10.5. The molecule has 0 N–H and O–H groups in total. The van der Waals surface area contributed by atoms with Gasteiger partial charge in [-0.3, -0.25) is 4.90 Å².